The number of pyridine rings is 2. The lowest BCUT2D eigenvalue weighted by Crippen LogP contribution is -2.51. The average molecular weight is 604 g/mol. The molecule has 0 radical (unpaired) electrons. The van der Waals surface area contributed by atoms with Crippen molar-refractivity contribution < 1.29 is 18.3 Å². The van der Waals surface area contributed by atoms with Crippen LogP contribution in [-0.2, 0) is 0 Å². The second kappa shape index (κ2) is 9.98. The molecule has 10 heteroatoms. The monoisotopic (exact) mass is 603 g/mol. The number of piperazine rings is 1. The zero-order valence-corrected chi connectivity index (χ0v) is 24.1. The molecule has 4 atom stereocenters. The molecule has 2 unspecified atom stereocenters. The Balaban J connectivity index is 1.32. The number of halogens is 4. The molecule has 0 spiro atoms. The number of aromatic nitrogens is 2. The highest BCUT2D eigenvalue weighted by Gasteiger charge is 2.47. The van der Waals surface area contributed by atoms with Gasteiger partial charge in [-0.1, -0.05) is 23.6 Å². The SMILES string of the molecule is Oc1cc(-c2ncc3c(N4C[C@H]5CC[C@@H](C4)N5)cc(C#CC45CCCN4CC(F)C5)nc3c2F)c2c(Cl)c(F)ccc2c1. The fourth-order valence-electron chi connectivity index (χ4n) is 7.68. The number of hydrogen-bond donors (Lipinski definition) is 2. The molecule has 43 heavy (non-hydrogen) atoms. The van der Waals surface area contributed by atoms with Gasteiger partial charge in [0.15, 0.2) is 5.82 Å². The van der Waals surface area contributed by atoms with Crippen LogP contribution in [0.4, 0.5) is 18.9 Å². The number of alkyl halides is 1. The Kier molecular flexibility index (Phi) is 6.27. The Morgan fingerprint density at radius 1 is 1.09 bits per heavy atom. The van der Waals surface area contributed by atoms with Crippen molar-refractivity contribution in [1.29, 1.82) is 0 Å². The average Bonchev–Trinajstić information content (AvgIpc) is 3.63. The van der Waals surface area contributed by atoms with Crippen molar-refractivity contribution in [2.75, 3.05) is 31.1 Å². The molecule has 4 aromatic rings. The second-order valence-corrected chi connectivity index (χ2v) is 12.7. The van der Waals surface area contributed by atoms with Crippen molar-refractivity contribution in [2.24, 2.45) is 0 Å². The third-order valence-electron chi connectivity index (χ3n) is 9.60. The van der Waals surface area contributed by atoms with Gasteiger partial charge in [-0.3, -0.25) is 9.88 Å². The summed E-state index contributed by atoms with van der Waals surface area (Å²) in [6.45, 7) is 2.73. The Hall–Kier alpha value is -3.58. The Labute approximate surface area is 251 Å². The smallest absolute Gasteiger partial charge is 0.175 e. The summed E-state index contributed by atoms with van der Waals surface area (Å²) >= 11 is 6.36. The van der Waals surface area contributed by atoms with E-state index in [2.05, 4.69) is 31.9 Å². The maximum absolute atomic E-state index is 16.7. The van der Waals surface area contributed by atoms with E-state index in [4.69, 9.17) is 16.6 Å². The number of benzene rings is 2. The molecule has 4 saturated heterocycles. The van der Waals surface area contributed by atoms with Gasteiger partial charge < -0.3 is 15.3 Å². The number of nitrogens with zero attached hydrogens (tertiary/aromatic N) is 4. The van der Waals surface area contributed by atoms with Crippen LogP contribution in [0.2, 0.25) is 5.02 Å². The first kappa shape index (κ1) is 27.0. The van der Waals surface area contributed by atoms with Crippen molar-refractivity contribution in [1.82, 2.24) is 20.2 Å². The van der Waals surface area contributed by atoms with Crippen molar-refractivity contribution >= 4 is 39.0 Å². The van der Waals surface area contributed by atoms with E-state index >= 15 is 4.39 Å². The van der Waals surface area contributed by atoms with Crippen LogP contribution in [0.25, 0.3) is 32.9 Å². The molecular formula is C33H29ClF3N5O. The van der Waals surface area contributed by atoms with E-state index < -0.39 is 23.3 Å². The van der Waals surface area contributed by atoms with E-state index in [0.29, 0.717) is 41.5 Å². The maximum atomic E-state index is 16.7. The summed E-state index contributed by atoms with van der Waals surface area (Å²) in [7, 11) is 0. The zero-order chi connectivity index (χ0) is 29.5. The fourth-order valence-corrected chi connectivity index (χ4v) is 7.96. The molecule has 4 aliphatic rings. The maximum Gasteiger partial charge on any atom is 0.175 e. The predicted molar refractivity (Wildman–Crippen MR) is 161 cm³/mol. The van der Waals surface area contributed by atoms with Crippen molar-refractivity contribution in [3.05, 3.63) is 58.9 Å². The molecule has 0 amide bonds. The molecular weight excluding hydrogens is 575 g/mol. The molecule has 220 valence electrons. The minimum atomic E-state index is -0.911. The van der Waals surface area contributed by atoms with Crippen LogP contribution in [0.1, 0.15) is 37.8 Å². The predicted octanol–water partition coefficient (Wildman–Crippen LogP) is 5.96. The number of nitrogens with one attached hydrogen (secondary N) is 1. The quantitative estimate of drug-likeness (QED) is 0.276. The van der Waals surface area contributed by atoms with Crippen LogP contribution in [0.15, 0.2) is 36.5 Å². The number of hydrogen-bond acceptors (Lipinski definition) is 6. The minimum absolute atomic E-state index is 0.0808. The summed E-state index contributed by atoms with van der Waals surface area (Å²) < 4.78 is 45.6. The molecule has 2 N–H and O–H groups in total. The Morgan fingerprint density at radius 2 is 1.91 bits per heavy atom. The first-order valence-corrected chi connectivity index (χ1v) is 15.2. The van der Waals surface area contributed by atoms with Crippen LogP contribution >= 0.6 is 11.6 Å². The summed E-state index contributed by atoms with van der Waals surface area (Å²) in [5.74, 6) is 5.07. The van der Waals surface area contributed by atoms with Gasteiger partial charge >= 0.3 is 0 Å². The molecule has 2 aromatic heterocycles. The summed E-state index contributed by atoms with van der Waals surface area (Å²) in [5.41, 5.74) is 0.829. The second-order valence-electron chi connectivity index (χ2n) is 12.3. The van der Waals surface area contributed by atoms with Gasteiger partial charge in [-0.2, -0.15) is 0 Å². The highest BCUT2D eigenvalue weighted by Crippen LogP contribution is 2.42. The van der Waals surface area contributed by atoms with Gasteiger partial charge in [-0.15, -0.1) is 0 Å². The van der Waals surface area contributed by atoms with Crippen LogP contribution < -0.4 is 10.2 Å². The molecule has 6 nitrogen and oxygen atoms in total. The topological polar surface area (TPSA) is 64.5 Å². The zero-order valence-electron chi connectivity index (χ0n) is 23.3. The van der Waals surface area contributed by atoms with E-state index in [-0.39, 0.29) is 32.9 Å². The lowest BCUT2D eigenvalue weighted by molar-refractivity contribution is 0.255. The van der Waals surface area contributed by atoms with Crippen LogP contribution in [0.5, 0.6) is 5.75 Å². The lowest BCUT2D eigenvalue weighted by atomic mass is 9.94. The van der Waals surface area contributed by atoms with Gasteiger partial charge in [0.1, 0.15) is 34.6 Å². The summed E-state index contributed by atoms with van der Waals surface area (Å²) in [6, 6.07) is 8.06. The minimum Gasteiger partial charge on any atom is -0.508 e. The number of rotatable bonds is 2. The third kappa shape index (κ3) is 4.42. The van der Waals surface area contributed by atoms with Crippen LogP contribution in [0.3, 0.4) is 0 Å². The molecule has 2 aromatic carbocycles. The van der Waals surface area contributed by atoms with Crippen molar-refractivity contribution in [3.63, 3.8) is 0 Å². The first-order valence-electron chi connectivity index (χ1n) is 14.8. The number of anilines is 1. The van der Waals surface area contributed by atoms with Gasteiger partial charge in [0.05, 0.1) is 16.2 Å². The van der Waals surface area contributed by atoms with E-state index in [1.807, 2.05) is 6.07 Å². The number of phenols is 1. The van der Waals surface area contributed by atoms with Crippen LogP contribution in [-0.4, -0.2) is 69.9 Å². The molecule has 6 heterocycles. The third-order valence-corrected chi connectivity index (χ3v) is 9.97. The number of fused-ring (bicyclic) bond motifs is 5. The normalized spacial score (nSPS) is 26.7. The highest BCUT2D eigenvalue weighted by molar-refractivity contribution is 6.37. The fraction of sp³-hybridized carbons (Fsp3) is 0.394. The van der Waals surface area contributed by atoms with Gasteiger partial charge in [0, 0.05) is 60.7 Å². The Bertz CT molecular complexity index is 1860. The highest BCUT2D eigenvalue weighted by atomic mass is 35.5. The largest absolute Gasteiger partial charge is 0.508 e. The first-order chi connectivity index (χ1) is 20.8. The summed E-state index contributed by atoms with van der Waals surface area (Å²) in [4.78, 5) is 13.6. The molecule has 0 aliphatic carbocycles. The van der Waals surface area contributed by atoms with E-state index in [1.165, 1.54) is 24.3 Å². The molecule has 4 aliphatic heterocycles. The van der Waals surface area contributed by atoms with E-state index in [1.54, 1.807) is 6.20 Å². The van der Waals surface area contributed by atoms with E-state index in [9.17, 15) is 13.9 Å². The van der Waals surface area contributed by atoms with Crippen molar-refractivity contribution in [2.45, 2.75) is 55.9 Å². The van der Waals surface area contributed by atoms with Crippen molar-refractivity contribution in [3.8, 4) is 28.8 Å². The molecule has 0 saturated carbocycles. The number of phenolic OH excluding ortho intramolecular Hbond substituents is 1. The summed E-state index contributed by atoms with van der Waals surface area (Å²) in [6.07, 6.45) is 4.97. The standard InChI is InChI=1S/C33H29ClF3N5O/c34-29-26(36)5-2-18-10-23(43)12-24(28(18)29)31-30(37)32-25(14-38-31)27(41-16-21-3-4-22(17-41)39-21)11-20(40-32)6-8-33-7-1-9-42(33)15-19(35)13-33/h2,5,10-12,14,19,21-22,39,43H,1,3-4,7,9,13,15-17H2/t19?,21-,22+,33?. The van der Waals surface area contributed by atoms with E-state index in [0.717, 1.165) is 51.0 Å². The Morgan fingerprint density at radius 3 is 2.72 bits per heavy atom. The lowest BCUT2D eigenvalue weighted by Gasteiger charge is -2.35. The molecule has 2 bridgehead atoms. The van der Waals surface area contributed by atoms with Gasteiger partial charge in [-0.25, -0.2) is 18.2 Å². The molecule has 4 fully saturated rings. The molecule has 8 rings (SSSR count). The van der Waals surface area contributed by atoms with Gasteiger partial charge in [-0.05, 0) is 67.8 Å². The van der Waals surface area contributed by atoms with Crippen LogP contribution in [0, 0.1) is 23.5 Å². The summed E-state index contributed by atoms with van der Waals surface area (Å²) in [5, 5.41) is 15.2. The van der Waals surface area contributed by atoms with Gasteiger partial charge in [0.2, 0.25) is 0 Å². The van der Waals surface area contributed by atoms with Gasteiger partial charge in [0.25, 0.3) is 0 Å². The number of aromatic hydroxyl groups is 1.